The largest absolute Gasteiger partial charge is 0.465 e. The molecule has 0 radical (unpaired) electrons. The van der Waals surface area contributed by atoms with Crippen molar-refractivity contribution in [2.24, 2.45) is 0 Å². The maximum absolute atomic E-state index is 12.2. The fourth-order valence-electron chi connectivity index (χ4n) is 1.88. The molecule has 2 rings (SSSR count). The molecule has 0 spiro atoms. The summed E-state index contributed by atoms with van der Waals surface area (Å²) in [4.78, 5) is 12.2. The molecule has 0 saturated heterocycles. The minimum absolute atomic E-state index is 0.153. The summed E-state index contributed by atoms with van der Waals surface area (Å²) in [6, 6.07) is 0.467. The fraction of sp³-hybridized carbons (Fsp3) is 0.769. The van der Waals surface area contributed by atoms with E-state index in [1.807, 2.05) is 20.1 Å². The predicted molar refractivity (Wildman–Crippen MR) is 88.2 cm³/mol. The fourth-order valence-corrected chi connectivity index (χ4v) is 4.55. The number of hydrogen-bond acceptors (Lipinski definition) is 8. The van der Waals surface area contributed by atoms with Gasteiger partial charge in [-0.2, -0.15) is 0 Å². The normalized spacial score (nSPS) is 17.5. The van der Waals surface area contributed by atoms with Crippen LogP contribution in [0.4, 0.5) is 0 Å². The number of ether oxygens (including phenoxy) is 1. The van der Waals surface area contributed by atoms with E-state index >= 15 is 0 Å². The van der Waals surface area contributed by atoms with Gasteiger partial charge in [-0.15, -0.1) is 10.2 Å². The lowest BCUT2D eigenvalue weighted by Gasteiger charge is -2.28. The summed E-state index contributed by atoms with van der Waals surface area (Å²) >= 11 is 4.85. The first-order valence-corrected chi connectivity index (χ1v) is 10.1. The van der Waals surface area contributed by atoms with Crippen LogP contribution in [0.1, 0.15) is 33.1 Å². The summed E-state index contributed by atoms with van der Waals surface area (Å²) in [5.74, 6) is 0.664. The standard InChI is InChI=1S/C13H21N3O2S3/c1-4-18-10(17)13(2,14-9-5-6-9)7-8-20-12-16-15-11(19-3)21-12/h9,14H,4-8H2,1-3H3. The van der Waals surface area contributed by atoms with Gasteiger partial charge in [0.2, 0.25) is 0 Å². The topological polar surface area (TPSA) is 64.1 Å². The Morgan fingerprint density at radius 2 is 2.19 bits per heavy atom. The van der Waals surface area contributed by atoms with Gasteiger partial charge < -0.3 is 4.74 Å². The summed E-state index contributed by atoms with van der Waals surface area (Å²) < 4.78 is 7.15. The summed E-state index contributed by atoms with van der Waals surface area (Å²) in [7, 11) is 0. The van der Waals surface area contributed by atoms with Crippen molar-refractivity contribution in [1.29, 1.82) is 0 Å². The van der Waals surface area contributed by atoms with Crippen LogP contribution in [-0.4, -0.2) is 46.4 Å². The Morgan fingerprint density at radius 3 is 2.76 bits per heavy atom. The van der Waals surface area contributed by atoms with Crippen LogP contribution in [0.25, 0.3) is 0 Å². The van der Waals surface area contributed by atoms with Crippen molar-refractivity contribution >= 4 is 40.8 Å². The molecule has 1 N–H and O–H groups in total. The van der Waals surface area contributed by atoms with E-state index in [1.54, 1.807) is 34.9 Å². The lowest BCUT2D eigenvalue weighted by Crippen LogP contribution is -2.51. The SMILES string of the molecule is CCOC(=O)C(C)(CCSc1nnc(SC)s1)NC1CC1. The number of nitrogens with one attached hydrogen (secondary N) is 1. The maximum atomic E-state index is 12.2. The summed E-state index contributed by atoms with van der Waals surface area (Å²) in [5, 5.41) is 11.6. The first kappa shape index (κ1) is 17.1. The quantitative estimate of drug-likeness (QED) is 0.544. The zero-order valence-electron chi connectivity index (χ0n) is 12.5. The molecule has 1 unspecified atom stereocenters. The molecule has 1 aromatic heterocycles. The molecule has 1 fully saturated rings. The molecule has 118 valence electrons. The van der Waals surface area contributed by atoms with Crippen molar-refractivity contribution in [3.63, 3.8) is 0 Å². The molecule has 1 aliphatic rings. The second-order valence-corrected chi connectivity index (χ2v) is 8.48. The van der Waals surface area contributed by atoms with Crippen LogP contribution in [-0.2, 0) is 9.53 Å². The van der Waals surface area contributed by atoms with Crippen LogP contribution < -0.4 is 5.32 Å². The van der Waals surface area contributed by atoms with Gasteiger partial charge in [0.05, 0.1) is 6.61 Å². The van der Waals surface area contributed by atoms with E-state index in [-0.39, 0.29) is 5.97 Å². The molecular weight excluding hydrogens is 326 g/mol. The van der Waals surface area contributed by atoms with E-state index in [1.165, 1.54) is 0 Å². The van der Waals surface area contributed by atoms with Gasteiger partial charge in [-0.3, -0.25) is 10.1 Å². The molecular formula is C13H21N3O2S3. The molecule has 5 nitrogen and oxygen atoms in total. The van der Waals surface area contributed by atoms with Crippen molar-refractivity contribution in [3.05, 3.63) is 0 Å². The molecule has 0 aromatic carbocycles. The Bertz CT molecular complexity index is 479. The number of nitrogens with zero attached hydrogens (tertiary/aromatic N) is 2. The van der Waals surface area contributed by atoms with E-state index in [4.69, 9.17) is 4.74 Å². The molecule has 21 heavy (non-hydrogen) atoms. The minimum atomic E-state index is -0.600. The maximum Gasteiger partial charge on any atom is 0.326 e. The average Bonchev–Trinajstić information content (AvgIpc) is 3.14. The third-order valence-corrected chi connectivity index (χ3v) is 6.25. The molecule has 0 bridgehead atoms. The zero-order valence-corrected chi connectivity index (χ0v) is 15.0. The molecule has 1 heterocycles. The van der Waals surface area contributed by atoms with Gasteiger partial charge >= 0.3 is 5.97 Å². The number of aromatic nitrogens is 2. The number of rotatable bonds is 9. The Labute approximate surface area is 138 Å². The predicted octanol–water partition coefficient (Wildman–Crippen LogP) is 2.82. The molecule has 1 saturated carbocycles. The van der Waals surface area contributed by atoms with Crippen LogP contribution in [0.15, 0.2) is 8.68 Å². The smallest absolute Gasteiger partial charge is 0.326 e. The van der Waals surface area contributed by atoms with Crippen molar-refractivity contribution in [1.82, 2.24) is 15.5 Å². The van der Waals surface area contributed by atoms with Crippen LogP contribution in [0.5, 0.6) is 0 Å². The first-order valence-electron chi connectivity index (χ1n) is 7.02. The van der Waals surface area contributed by atoms with Gasteiger partial charge in [0.15, 0.2) is 8.68 Å². The highest BCUT2D eigenvalue weighted by Gasteiger charge is 2.39. The second-order valence-electron chi connectivity index (χ2n) is 5.11. The van der Waals surface area contributed by atoms with E-state index in [0.29, 0.717) is 12.6 Å². The van der Waals surface area contributed by atoms with E-state index in [9.17, 15) is 4.79 Å². The van der Waals surface area contributed by atoms with E-state index < -0.39 is 5.54 Å². The van der Waals surface area contributed by atoms with Gasteiger partial charge in [0.1, 0.15) is 5.54 Å². The van der Waals surface area contributed by atoms with Gasteiger partial charge in [0.25, 0.3) is 0 Å². The number of carbonyl (C=O) groups is 1. The zero-order chi connectivity index (χ0) is 15.3. The van der Waals surface area contributed by atoms with E-state index in [2.05, 4.69) is 15.5 Å². The lowest BCUT2D eigenvalue weighted by atomic mass is 9.99. The molecule has 0 amide bonds. The van der Waals surface area contributed by atoms with Crippen molar-refractivity contribution in [2.45, 2.75) is 53.4 Å². The Balaban J connectivity index is 1.87. The van der Waals surface area contributed by atoms with Crippen LogP contribution in [0.3, 0.4) is 0 Å². The number of hydrogen-bond donors (Lipinski definition) is 1. The minimum Gasteiger partial charge on any atom is -0.465 e. The molecule has 8 heteroatoms. The Hall–Kier alpha value is -0.310. The number of carbonyl (C=O) groups excluding carboxylic acids is 1. The second kappa shape index (κ2) is 7.80. The van der Waals surface area contributed by atoms with Crippen LogP contribution in [0, 0.1) is 0 Å². The van der Waals surface area contributed by atoms with Gasteiger partial charge in [0, 0.05) is 11.8 Å². The molecule has 0 aliphatic heterocycles. The van der Waals surface area contributed by atoms with Crippen molar-refractivity contribution < 1.29 is 9.53 Å². The lowest BCUT2D eigenvalue weighted by molar-refractivity contribution is -0.150. The van der Waals surface area contributed by atoms with Gasteiger partial charge in [-0.1, -0.05) is 34.9 Å². The van der Waals surface area contributed by atoms with Crippen molar-refractivity contribution in [2.75, 3.05) is 18.6 Å². The number of esters is 1. The average molecular weight is 348 g/mol. The number of thioether (sulfide) groups is 2. The third kappa shape index (κ3) is 5.12. The summed E-state index contributed by atoms with van der Waals surface area (Å²) in [6.07, 6.45) is 5.01. The Morgan fingerprint density at radius 1 is 1.48 bits per heavy atom. The highest BCUT2D eigenvalue weighted by atomic mass is 32.2. The van der Waals surface area contributed by atoms with Crippen molar-refractivity contribution in [3.8, 4) is 0 Å². The van der Waals surface area contributed by atoms with Crippen LogP contribution in [0.2, 0.25) is 0 Å². The first-order chi connectivity index (χ1) is 10.1. The van der Waals surface area contributed by atoms with Gasteiger partial charge in [-0.05, 0) is 39.4 Å². The monoisotopic (exact) mass is 347 g/mol. The summed E-state index contributed by atoms with van der Waals surface area (Å²) in [6.45, 7) is 4.20. The highest BCUT2D eigenvalue weighted by Crippen LogP contribution is 2.30. The third-order valence-electron chi connectivity index (χ3n) is 3.22. The highest BCUT2D eigenvalue weighted by molar-refractivity contribution is 8.02. The molecule has 1 aliphatic carbocycles. The molecule has 1 aromatic rings. The van der Waals surface area contributed by atoms with E-state index in [0.717, 1.165) is 33.7 Å². The summed E-state index contributed by atoms with van der Waals surface area (Å²) in [5.41, 5.74) is -0.600. The molecule has 1 atom stereocenters. The van der Waals surface area contributed by atoms with Gasteiger partial charge in [-0.25, -0.2) is 0 Å². The Kier molecular flexibility index (Phi) is 6.34. The van der Waals surface area contributed by atoms with Crippen LogP contribution >= 0.6 is 34.9 Å².